The predicted molar refractivity (Wildman–Crippen MR) is 83.9 cm³/mol. The lowest BCUT2D eigenvalue weighted by atomic mass is 9.96. The Bertz CT molecular complexity index is 442. The zero-order valence-corrected chi connectivity index (χ0v) is 12.6. The highest BCUT2D eigenvalue weighted by atomic mass is 15.2. The molecule has 1 saturated heterocycles. The van der Waals surface area contributed by atoms with E-state index in [1.807, 2.05) is 0 Å². The number of nitrogens with zero attached hydrogens (tertiary/aromatic N) is 2. The van der Waals surface area contributed by atoms with E-state index in [0.29, 0.717) is 6.04 Å². The summed E-state index contributed by atoms with van der Waals surface area (Å²) in [5, 5.41) is 0. The van der Waals surface area contributed by atoms with Gasteiger partial charge in [0.05, 0.1) is 0 Å². The third kappa shape index (κ3) is 3.05. The quantitative estimate of drug-likeness (QED) is 0.913. The Kier molecular flexibility index (Phi) is 4.39. The van der Waals surface area contributed by atoms with Crippen molar-refractivity contribution >= 4 is 0 Å². The lowest BCUT2D eigenvalue weighted by Gasteiger charge is -2.31. The van der Waals surface area contributed by atoms with Gasteiger partial charge in [-0.3, -0.25) is 4.90 Å². The maximum Gasteiger partial charge on any atom is 0.0473 e. The zero-order valence-electron chi connectivity index (χ0n) is 12.6. The van der Waals surface area contributed by atoms with Crippen molar-refractivity contribution in [2.45, 2.75) is 31.2 Å². The minimum atomic E-state index is 0.401. The van der Waals surface area contributed by atoms with Gasteiger partial charge in [0.15, 0.2) is 0 Å². The molecule has 0 amide bonds. The largest absolute Gasteiger partial charge is 0.329 e. The summed E-state index contributed by atoms with van der Waals surface area (Å²) in [5.74, 6) is 0.801. The average molecular weight is 273 g/mol. The van der Waals surface area contributed by atoms with Gasteiger partial charge in [0.25, 0.3) is 0 Å². The average Bonchev–Trinajstić information content (AvgIpc) is 3.29. The highest BCUT2D eigenvalue weighted by Crippen LogP contribution is 2.43. The molecule has 0 bridgehead atoms. The van der Waals surface area contributed by atoms with E-state index in [9.17, 15) is 0 Å². The van der Waals surface area contributed by atoms with E-state index >= 15 is 0 Å². The molecule has 3 nitrogen and oxygen atoms in total. The molecule has 0 aromatic heterocycles. The van der Waals surface area contributed by atoms with Gasteiger partial charge in [0.1, 0.15) is 0 Å². The van der Waals surface area contributed by atoms with Crippen molar-refractivity contribution in [2.24, 2.45) is 5.73 Å². The molecule has 20 heavy (non-hydrogen) atoms. The minimum Gasteiger partial charge on any atom is -0.329 e. The molecule has 1 aliphatic carbocycles. The van der Waals surface area contributed by atoms with Crippen LogP contribution in [0.5, 0.6) is 0 Å². The molecule has 1 heterocycles. The standard InChI is InChI=1S/C17H27N3/c1-19-9-4-10-20(12-11-19)17(13-18)16-6-3-2-5-15(16)14-7-8-14/h2-3,5-6,14,17H,4,7-13,18H2,1H3. The van der Waals surface area contributed by atoms with Crippen molar-refractivity contribution in [3.63, 3.8) is 0 Å². The summed E-state index contributed by atoms with van der Waals surface area (Å²) < 4.78 is 0. The molecule has 1 aliphatic heterocycles. The molecule has 1 saturated carbocycles. The second-order valence-electron chi connectivity index (χ2n) is 6.35. The minimum absolute atomic E-state index is 0.401. The third-order valence-electron chi connectivity index (χ3n) is 4.79. The Labute approximate surface area is 122 Å². The van der Waals surface area contributed by atoms with Gasteiger partial charge in [0.2, 0.25) is 0 Å². The van der Waals surface area contributed by atoms with Gasteiger partial charge >= 0.3 is 0 Å². The maximum absolute atomic E-state index is 6.16. The first-order chi connectivity index (χ1) is 9.79. The molecule has 2 N–H and O–H groups in total. The fourth-order valence-electron chi connectivity index (χ4n) is 3.43. The van der Waals surface area contributed by atoms with E-state index in [2.05, 4.69) is 41.1 Å². The molecule has 2 fully saturated rings. The first kappa shape index (κ1) is 14.1. The van der Waals surface area contributed by atoms with E-state index in [1.165, 1.54) is 37.9 Å². The van der Waals surface area contributed by atoms with Crippen molar-refractivity contribution in [2.75, 3.05) is 39.8 Å². The monoisotopic (exact) mass is 273 g/mol. The van der Waals surface area contributed by atoms with Gasteiger partial charge in [-0.25, -0.2) is 0 Å². The number of benzene rings is 1. The van der Waals surface area contributed by atoms with Crippen molar-refractivity contribution in [3.8, 4) is 0 Å². The number of rotatable bonds is 4. The molecular formula is C17H27N3. The SMILES string of the molecule is CN1CCCN(C(CN)c2ccccc2C2CC2)CC1. The summed E-state index contributed by atoms with van der Waals surface area (Å²) in [6.45, 7) is 5.40. The lowest BCUT2D eigenvalue weighted by Crippen LogP contribution is -2.37. The highest BCUT2D eigenvalue weighted by Gasteiger charge is 2.30. The molecule has 1 atom stereocenters. The lowest BCUT2D eigenvalue weighted by molar-refractivity contribution is 0.207. The van der Waals surface area contributed by atoms with Crippen LogP contribution in [0.3, 0.4) is 0 Å². The summed E-state index contributed by atoms with van der Waals surface area (Å²) >= 11 is 0. The third-order valence-corrected chi connectivity index (χ3v) is 4.79. The second-order valence-corrected chi connectivity index (χ2v) is 6.35. The van der Waals surface area contributed by atoms with Gasteiger partial charge in [-0.1, -0.05) is 24.3 Å². The molecule has 3 heteroatoms. The highest BCUT2D eigenvalue weighted by molar-refractivity contribution is 5.35. The van der Waals surface area contributed by atoms with Crippen LogP contribution in [0.2, 0.25) is 0 Å². The molecule has 2 aliphatic rings. The van der Waals surface area contributed by atoms with Crippen LogP contribution in [-0.2, 0) is 0 Å². The number of hydrogen-bond donors (Lipinski definition) is 1. The molecule has 1 aromatic carbocycles. The smallest absolute Gasteiger partial charge is 0.0473 e. The predicted octanol–water partition coefficient (Wildman–Crippen LogP) is 2.20. The first-order valence-corrected chi connectivity index (χ1v) is 8.01. The summed E-state index contributed by atoms with van der Waals surface area (Å²) in [4.78, 5) is 5.03. The van der Waals surface area contributed by atoms with Gasteiger partial charge in [-0.2, -0.15) is 0 Å². The summed E-state index contributed by atoms with van der Waals surface area (Å²) in [6, 6.07) is 9.38. The van der Waals surface area contributed by atoms with Crippen molar-refractivity contribution in [1.82, 2.24) is 9.80 Å². The van der Waals surface area contributed by atoms with Crippen LogP contribution < -0.4 is 5.73 Å². The Hall–Kier alpha value is -0.900. The van der Waals surface area contributed by atoms with E-state index < -0.39 is 0 Å². The van der Waals surface area contributed by atoms with Crippen LogP contribution in [0.1, 0.15) is 42.3 Å². The fourth-order valence-corrected chi connectivity index (χ4v) is 3.43. The normalized spacial score (nSPS) is 23.5. The summed E-state index contributed by atoms with van der Waals surface area (Å²) in [5.41, 5.74) is 9.20. The Morgan fingerprint density at radius 2 is 1.95 bits per heavy atom. The van der Waals surface area contributed by atoms with Crippen LogP contribution in [0.25, 0.3) is 0 Å². The van der Waals surface area contributed by atoms with E-state index in [1.54, 1.807) is 5.56 Å². The van der Waals surface area contributed by atoms with Crippen LogP contribution in [0.4, 0.5) is 0 Å². The second kappa shape index (κ2) is 6.25. The molecule has 110 valence electrons. The molecule has 1 unspecified atom stereocenters. The number of hydrogen-bond acceptors (Lipinski definition) is 3. The zero-order chi connectivity index (χ0) is 13.9. The maximum atomic E-state index is 6.16. The first-order valence-electron chi connectivity index (χ1n) is 8.01. The summed E-state index contributed by atoms with van der Waals surface area (Å²) in [7, 11) is 2.22. The van der Waals surface area contributed by atoms with Gasteiger partial charge < -0.3 is 10.6 Å². The van der Waals surface area contributed by atoms with Crippen LogP contribution >= 0.6 is 0 Å². The summed E-state index contributed by atoms with van der Waals surface area (Å²) in [6.07, 6.45) is 3.96. The van der Waals surface area contributed by atoms with Crippen LogP contribution in [0, 0.1) is 0 Å². The number of likely N-dealkylation sites (N-methyl/N-ethyl adjacent to an activating group) is 1. The topological polar surface area (TPSA) is 32.5 Å². The van der Waals surface area contributed by atoms with E-state index in [4.69, 9.17) is 5.73 Å². The molecule has 1 aromatic rings. The molecule has 0 spiro atoms. The number of nitrogens with two attached hydrogens (primary N) is 1. The Balaban J connectivity index is 1.82. The van der Waals surface area contributed by atoms with E-state index in [0.717, 1.165) is 25.6 Å². The van der Waals surface area contributed by atoms with Crippen molar-refractivity contribution in [3.05, 3.63) is 35.4 Å². The van der Waals surface area contributed by atoms with Gasteiger partial charge in [0, 0.05) is 32.2 Å². The van der Waals surface area contributed by atoms with Crippen molar-refractivity contribution < 1.29 is 0 Å². The van der Waals surface area contributed by atoms with Crippen molar-refractivity contribution in [1.29, 1.82) is 0 Å². The molecular weight excluding hydrogens is 246 g/mol. The van der Waals surface area contributed by atoms with Crippen LogP contribution in [-0.4, -0.2) is 49.6 Å². The molecule has 0 radical (unpaired) electrons. The fraction of sp³-hybridized carbons (Fsp3) is 0.647. The molecule has 3 rings (SSSR count). The van der Waals surface area contributed by atoms with Gasteiger partial charge in [-0.15, -0.1) is 0 Å². The van der Waals surface area contributed by atoms with Crippen LogP contribution in [0.15, 0.2) is 24.3 Å². The van der Waals surface area contributed by atoms with Gasteiger partial charge in [-0.05, 0) is 49.9 Å². The van der Waals surface area contributed by atoms with E-state index in [-0.39, 0.29) is 0 Å². The Morgan fingerprint density at radius 3 is 2.70 bits per heavy atom. The Morgan fingerprint density at radius 1 is 1.15 bits per heavy atom.